The van der Waals surface area contributed by atoms with Crippen LogP contribution in [0.4, 0.5) is 0 Å². The number of thioether (sulfide) groups is 1. The van der Waals surface area contributed by atoms with Gasteiger partial charge in [0.25, 0.3) is 0 Å². The second kappa shape index (κ2) is 7.32. The van der Waals surface area contributed by atoms with Gasteiger partial charge < -0.3 is 4.90 Å². The van der Waals surface area contributed by atoms with Gasteiger partial charge in [0.2, 0.25) is 5.78 Å². The van der Waals surface area contributed by atoms with Gasteiger partial charge in [-0.2, -0.15) is 0 Å². The van der Waals surface area contributed by atoms with Crippen LogP contribution in [0.25, 0.3) is 0 Å². The summed E-state index contributed by atoms with van der Waals surface area (Å²) >= 11 is 1.50. The molecule has 0 heterocycles. The molecule has 114 valence electrons. The fourth-order valence-electron chi connectivity index (χ4n) is 1.95. The lowest BCUT2D eigenvalue weighted by Crippen LogP contribution is -2.08. The van der Waals surface area contributed by atoms with Crippen LogP contribution < -0.4 is 0 Å². The largest absolute Gasteiger partial charge is 0.382 e. The Morgan fingerprint density at radius 2 is 1.41 bits per heavy atom. The summed E-state index contributed by atoms with van der Waals surface area (Å²) in [4.78, 5) is 16.4. The average Bonchev–Trinajstić information content (AvgIpc) is 2.48. The molecule has 0 fully saturated rings. The number of rotatable bonds is 5. The van der Waals surface area contributed by atoms with Gasteiger partial charge in [-0.05, 0) is 26.0 Å². The highest BCUT2D eigenvalue weighted by molar-refractivity contribution is 8.04. The van der Waals surface area contributed by atoms with Crippen LogP contribution in [0.3, 0.4) is 0 Å². The Hall–Kier alpha value is -2.00. The summed E-state index contributed by atoms with van der Waals surface area (Å²) in [5.41, 5.74) is 3.09. The molecule has 2 aromatic rings. The number of hydrogen-bond acceptors (Lipinski definition) is 3. The number of allylic oxidation sites excluding steroid dienone is 1. The predicted octanol–water partition coefficient (Wildman–Crippen LogP) is 4.68. The van der Waals surface area contributed by atoms with E-state index in [2.05, 4.69) is 19.1 Å². The van der Waals surface area contributed by atoms with Crippen molar-refractivity contribution in [3.05, 3.63) is 76.3 Å². The van der Waals surface area contributed by atoms with Crippen molar-refractivity contribution in [1.29, 1.82) is 0 Å². The van der Waals surface area contributed by atoms with E-state index in [1.807, 2.05) is 68.5 Å². The minimum atomic E-state index is 0.0549. The van der Waals surface area contributed by atoms with E-state index in [9.17, 15) is 4.79 Å². The van der Waals surface area contributed by atoms with Gasteiger partial charge >= 0.3 is 0 Å². The smallest absolute Gasteiger partial charge is 0.201 e. The van der Waals surface area contributed by atoms with E-state index in [-0.39, 0.29) is 5.78 Å². The molecular formula is C19H21NOS. The van der Waals surface area contributed by atoms with Crippen LogP contribution in [0.1, 0.15) is 21.5 Å². The molecule has 0 aliphatic carbocycles. The van der Waals surface area contributed by atoms with Crippen molar-refractivity contribution >= 4 is 17.5 Å². The average molecular weight is 311 g/mol. The number of benzene rings is 2. The lowest BCUT2D eigenvalue weighted by Gasteiger charge is -2.11. The van der Waals surface area contributed by atoms with Crippen LogP contribution in [0, 0.1) is 13.8 Å². The molecule has 0 saturated heterocycles. The SMILES string of the molecule is Cc1ccc(S/C(=C\N(C)C)C(=O)c2ccc(C)cc2)cc1. The molecule has 0 unspecified atom stereocenters. The van der Waals surface area contributed by atoms with E-state index in [1.165, 1.54) is 17.3 Å². The maximum absolute atomic E-state index is 12.7. The second-order valence-corrected chi connectivity index (χ2v) is 6.68. The summed E-state index contributed by atoms with van der Waals surface area (Å²) in [6.45, 7) is 4.08. The van der Waals surface area contributed by atoms with Crippen LogP contribution in [0.5, 0.6) is 0 Å². The van der Waals surface area contributed by atoms with E-state index >= 15 is 0 Å². The first-order chi connectivity index (χ1) is 10.5. The molecular weight excluding hydrogens is 290 g/mol. The van der Waals surface area contributed by atoms with Gasteiger partial charge in [-0.25, -0.2) is 0 Å². The van der Waals surface area contributed by atoms with Crippen LogP contribution in [-0.2, 0) is 0 Å². The molecule has 0 spiro atoms. The standard InChI is InChI=1S/C19H21NOS/c1-14-5-9-16(10-6-14)19(21)18(13-20(3)4)22-17-11-7-15(2)8-12-17/h5-13H,1-4H3/b18-13-. The number of aryl methyl sites for hydroxylation is 2. The van der Waals surface area contributed by atoms with Crippen molar-refractivity contribution in [1.82, 2.24) is 4.90 Å². The lowest BCUT2D eigenvalue weighted by atomic mass is 10.1. The van der Waals surface area contributed by atoms with Crippen molar-refractivity contribution in [3.8, 4) is 0 Å². The lowest BCUT2D eigenvalue weighted by molar-refractivity contribution is 0.104. The molecule has 2 nitrogen and oxygen atoms in total. The van der Waals surface area contributed by atoms with Gasteiger partial charge in [0.15, 0.2) is 0 Å². The zero-order valence-electron chi connectivity index (χ0n) is 13.5. The van der Waals surface area contributed by atoms with Crippen molar-refractivity contribution in [2.45, 2.75) is 18.7 Å². The topological polar surface area (TPSA) is 20.3 Å². The molecule has 0 aliphatic heterocycles. The fraction of sp³-hybridized carbons (Fsp3) is 0.211. The molecule has 0 radical (unpaired) electrons. The molecule has 0 amide bonds. The molecule has 2 aromatic carbocycles. The van der Waals surface area contributed by atoms with Gasteiger partial charge in [-0.3, -0.25) is 4.79 Å². The Morgan fingerprint density at radius 1 is 0.909 bits per heavy atom. The molecule has 3 heteroatoms. The van der Waals surface area contributed by atoms with Crippen LogP contribution in [-0.4, -0.2) is 24.8 Å². The number of Topliss-reactive ketones (excluding diaryl/α,β-unsaturated/α-hetero) is 1. The van der Waals surface area contributed by atoms with E-state index in [0.29, 0.717) is 0 Å². The minimum Gasteiger partial charge on any atom is -0.382 e. The Kier molecular flexibility index (Phi) is 5.45. The van der Waals surface area contributed by atoms with Crippen LogP contribution in [0.15, 0.2) is 64.5 Å². The number of hydrogen-bond donors (Lipinski definition) is 0. The maximum Gasteiger partial charge on any atom is 0.201 e. The van der Waals surface area contributed by atoms with E-state index in [4.69, 9.17) is 0 Å². The number of nitrogens with zero attached hydrogens (tertiary/aromatic N) is 1. The van der Waals surface area contributed by atoms with E-state index < -0.39 is 0 Å². The third-order valence-corrected chi connectivity index (χ3v) is 4.18. The molecule has 0 atom stereocenters. The number of ketones is 1. The Bertz CT molecular complexity index is 670. The summed E-state index contributed by atoms with van der Waals surface area (Å²) in [6, 6.07) is 15.9. The van der Waals surface area contributed by atoms with Crippen molar-refractivity contribution < 1.29 is 4.79 Å². The molecule has 0 saturated carbocycles. The first-order valence-corrected chi connectivity index (χ1v) is 8.01. The van der Waals surface area contributed by atoms with Crippen LogP contribution >= 0.6 is 11.8 Å². The van der Waals surface area contributed by atoms with Gasteiger partial charge in [-0.1, -0.05) is 59.3 Å². The van der Waals surface area contributed by atoms with Crippen molar-refractivity contribution in [3.63, 3.8) is 0 Å². The third kappa shape index (κ3) is 4.50. The highest BCUT2D eigenvalue weighted by atomic mass is 32.2. The van der Waals surface area contributed by atoms with E-state index in [0.717, 1.165) is 20.9 Å². The number of carbonyl (C=O) groups is 1. The quantitative estimate of drug-likeness (QED) is 0.454. The molecule has 22 heavy (non-hydrogen) atoms. The van der Waals surface area contributed by atoms with Gasteiger partial charge in [0, 0.05) is 30.8 Å². The molecule has 0 aromatic heterocycles. The zero-order chi connectivity index (χ0) is 16.1. The van der Waals surface area contributed by atoms with Gasteiger partial charge in [0.05, 0.1) is 4.91 Å². The monoisotopic (exact) mass is 311 g/mol. The summed E-state index contributed by atoms with van der Waals surface area (Å²) in [5.74, 6) is 0.0549. The second-order valence-electron chi connectivity index (χ2n) is 5.57. The van der Waals surface area contributed by atoms with Crippen LogP contribution in [0.2, 0.25) is 0 Å². The molecule has 0 aliphatic rings. The predicted molar refractivity (Wildman–Crippen MR) is 94.3 cm³/mol. The first kappa shape index (κ1) is 16.4. The highest BCUT2D eigenvalue weighted by Gasteiger charge is 2.14. The maximum atomic E-state index is 12.7. The van der Waals surface area contributed by atoms with Gasteiger partial charge in [0.1, 0.15) is 0 Å². The minimum absolute atomic E-state index is 0.0549. The number of carbonyl (C=O) groups excluding carboxylic acids is 1. The normalized spacial score (nSPS) is 11.4. The van der Waals surface area contributed by atoms with Gasteiger partial charge in [-0.15, -0.1) is 0 Å². The Balaban J connectivity index is 2.28. The first-order valence-electron chi connectivity index (χ1n) is 7.20. The zero-order valence-corrected chi connectivity index (χ0v) is 14.3. The Morgan fingerprint density at radius 3 is 1.91 bits per heavy atom. The molecule has 0 N–H and O–H groups in total. The summed E-state index contributed by atoms with van der Waals surface area (Å²) in [6.07, 6.45) is 1.88. The third-order valence-electron chi connectivity index (χ3n) is 3.16. The van der Waals surface area contributed by atoms with E-state index in [1.54, 1.807) is 0 Å². The van der Waals surface area contributed by atoms with Crippen molar-refractivity contribution in [2.75, 3.05) is 14.1 Å². The summed E-state index contributed by atoms with van der Waals surface area (Å²) in [7, 11) is 3.86. The molecule has 0 bridgehead atoms. The molecule has 2 rings (SSSR count). The summed E-state index contributed by atoms with van der Waals surface area (Å²) in [5, 5.41) is 0. The Labute approximate surface area is 136 Å². The highest BCUT2D eigenvalue weighted by Crippen LogP contribution is 2.29. The van der Waals surface area contributed by atoms with Crippen molar-refractivity contribution in [2.24, 2.45) is 0 Å². The summed E-state index contributed by atoms with van der Waals surface area (Å²) < 4.78 is 0. The fourth-order valence-corrected chi connectivity index (χ4v) is 2.95.